The minimum Gasteiger partial charge on any atom is -0.481 e. The number of carbonyl (C=O) groups is 1. The Morgan fingerprint density at radius 1 is 1.18 bits per heavy atom. The minimum atomic E-state index is -0.742. The highest BCUT2D eigenvalue weighted by Gasteiger charge is 2.25. The van der Waals surface area contributed by atoms with Gasteiger partial charge < -0.3 is 9.84 Å². The molecule has 126 valence electrons. The molecule has 2 atom stereocenters. The fraction of sp³-hybridized carbons (Fsp3) is 0.842. The lowest BCUT2D eigenvalue weighted by Gasteiger charge is -2.14. The Hall–Kier alpha value is -1.01. The predicted molar refractivity (Wildman–Crippen MR) is 89.7 cm³/mol. The van der Waals surface area contributed by atoms with Gasteiger partial charge in [-0.1, -0.05) is 38.5 Å². The molecule has 0 aromatic heterocycles. The third-order valence-electron chi connectivity index (χ3n) is 4.41. The Balaban J connectivity index is 2.09. The van der Waals surface area contributed by atoms with E-state index in [4.69, 9.17) is 9.84 Å². The Bertz CT molecular complexity index is 353. The molecule has 3 nitrogen and oxygen atoms in total. The average Bonchev–Trinajstić information content (AvgIpc) is 2.93. The normalized spacial score (nSPS) is 20.6. The van der Waals surface area contributed by atoms with Gasteiger partial charge in [0.05, 0.1) is 0 Å². The van der Waals surface area contributed by atoms with Crippen molar-refractivity contribution in [1.29, 1.82) is 0 Å². The van der Waals surface area contributed by atoms with Crippen molar-refractivity contribution < 1.29 is 14.6 Å². The maximum atomic E-state index is 10.4. The van der Waals surface area contributed by atoms with Crippen LogP contribution in [-0.2, 0) is 9.53 Å². The third-order valence-corrected chi connectivity index (χ3v) is 4.41. The number of ether oxygens (including phenoxy) is 1. The molecule has 0 saturated heterocycles. The van der Waals surface area contributed by atoms with Gasteiger partial charge in [0.25, 0.3) is 0 Å². The molecule has 0 spiro atoms. The molecule has 0 bridgehead atoms. The number of hydrogen-bond acceptors (Lipinski definition) is 2. The van der Waals surface area contributed by atoms with Crippen molar-refractivity contribution in [3.05, 3.63) is 0 Å². The van der Waals surface area contributed by atoms with Gasteiger partial charge in [0.1, 0.15) is 0 Å². The Morgan fingerprint density at radius 3 is 2.82 bits per heavy atom. The third kappa shape index (κ3) is 9.10. The summed E-state index contributed by atoms with van der Waals surface area (Å²) in [6, 6.07) is 0. The molecule has 22 heavy (non-hydrogen) atoms. The first-order chi connectivity index (χ1) is 10.7. The summed E-state index contributed by atoms with van der Waals surface area (Å²) in [4.78, 5) is 10.4. The van der Waals surface area contributed by atoms with Crippen LogP contribution in [0, 0.1) is 23.7 Å². The highest BCUT2D eigenvalue weighted by Crippen LogP contribution is 2.33. The first-order valence-electron chi connectivity index (χ1n) is 9.02. The first kappa shape index (κ1) is 19.0. The van der Waals surface area contributed by atoms with Crippen molar-refractivity contribution in [1.82, 2.24) is 0 Å². The highest BCUT2D eigenvalue weighted by molar-refractivity contribution is 5.66. The number of hydrogen-bond donors (Lipinski definition) is 1. The second-order valence-corrected chi connectivity index (χ2v) is 6.33. The summed E-state index contributed by atoms with van der Waals surface area (Å²) in [5.41, 5.74) is 0. The Labute approximate surface area is 135 Å². The summed E-state index contributed by atoms with van der Waals surface area (Å²) in [6.45, 7) is 3.55. The number of carboxylic acids is 1. The smallest absolute Gasteiger partial charge is 0.303 e. The van der Waals surface area contributed by atoms with Crippen LogP contribution in [0.2, 0.25) is 0 Å². The summed E-state index contributed by atoms with van der Waals surface area (Å²) in [7, 11) is 0. The van der Waals surface area contributed by atoms with Crippen LogP contribution in [0.5, 0.6) is 0 Å². The molecule has 1 aliphatic rings. The fourth-order valence-corrected chi connectivity index (χ4v) is 3.08. The molecule has 0 amide bonds. The van der Waals surface area contributed by atoms with Gasteiger partial charge in [0, 0.05) is 32.0 Å². The fourth-order valence-electron chi connectivity index (χ4n) is 3.08. The molecule has 0 radical (unpaired) electrons. The van der Waals surface area contributed by atoms with Gasteiger partial charge in [-0.05, 0) is 38.0 Å². The molecule has 1 rings (SSSR count). The van der Waals surface area contributed by atoms with E-state index >= 15 is 0 Å². The van der Waals surface area contributed by atoms with E-state index in [2.05, 4.69) is 18.8 Å². The van der Waals surface area contributed by atoms with Crippen molar-refractivity contribution >= 4 is 5.97 Å². The lowest BCUT2D eigenvalue weighted by molar-refractivity contribution is -0.137. The summed E-state index contributed by atoms with van der Waals surface area (Å²) >= 11 is 0. The molecule has 0 aliphatic heterocycles. The van der Waals surface area contributed by atoms with E-state index in [1.54, 1.807) is 0 Å². The zero-order chi connectivity index (χ0) is 16.0. The molecule has 0 aromatic carbocycles. The quantitative estimate of drug-likeness (QED) is 0.446. The van der Waals surface area contributed by atoms with Crippen LogP contribution >= 0.6 is 0 Å². The van der Waals surface area contributed by atoms with Crippen molar-refractivity contribution in [3.8, 4) is 11.8 Å². The van der Waals surface area contributed by atoms with Gasteiger partial charge in [-0.2, -0.15) is 0 Å². The molecule has 0 aromatic rings. The summed E-state index contributed by atoms with van der Waals surface area (Å²) < 4.78 is 5.55. The van der Waals surface area contributed by atoms with Crippen molar-refractivity contribution in [3.63, 3.8) is 0 Å². The number of carboxylic acid groups (broad SMARTS) is 1. The van der Waals surface area contributed by atoms with E-state index in [9.17, 15) is 4.79 Å². The topological polar surface area (TPSA) is 46.5 Å². The van der Waals surface area contributed by atoms with E-state index in [0.29, 0.717) is 24.9 Å². The van der Waals surface area contributed by atoms with Crippen LogP contribution in [-0.4, -0.2) is 24.3 Å². The number of unbranched alkanes of at least 4 members (excludes halogenated alkanes) is 4. The second kappa shape index (κ2) is 12.5. The largest absolute Gasteiger partial charge is 0.481 e. The van der Waals surface area contributed by atoms with Crippen LogP contribution in [0.15, 0.2) is 0 Å². The van der Waals surface area contributed by atoms with Crippen molar-refractivity contribution in [2.24, 2.45) is 11.8 Å². The van der Waals surface area contributed by atoms with Crippen molar-refractivity contribution in [2.75, 3.05) is 13.2 Å². The van der Waals surface area contributed by atoms with Gasteiger partial charge in [-0.25, -0.2) is 0 Å². The first-order valence-corrected chi connectivity index (χ1v) is 9.02. The van der Waals surface area contributed by atoms with Gasteiger partial charge in [0.15, 0.2) is 0 Å². The average molecular weight is 308 g/mol. The SMILES string of the molecule is CCCCCCC#C[C@H]1CCC[C@@H]1CCOCCCC(=O)O. The minimum absolute atomic E-state index is 0.204. The van der Waals surface area contributed by atoms with Gasteiger partial charge in [-0.15, -0.1) is 5.92 Å². The highest BCUT2D eigenvalue weighted by atomic mass is 16.5. The van der Waals surface area contributed by atoms with E-state index in [0.717, 1.165) is 19.4 Å². The standard InChI is InChI=1S/C19H32O3/c1-2-3-4-5-6-7-10-17-11-8-12-18(17)14-16-22-15-9-13-19(20)21/h17-18H,2-6,8-9,11-16H2,1H3,(H,20,21)/t17-,18+/m0/s1. The van der Waals surface area contributed by atoms with Gasteiger partial charge >= 0.3 is 5.97 Å². The summed E-state index contributed by atoms with van der Waals surface area (Å²) in [6.07, 6.45) is 11.9. The number of rotatable bonds is 11. The van der Waals surface area contributed by atoms with Crippen LogP contribution in [0.4, 0.5) is 0 Å². The number of aliphatic carboxylic acids is 1. The van der Waals surface area contributed by atoms with Crippen LogP contribution < -0.4 is 0 Å². The monoisotopic (exact) mass is 308 g/mol. The lowest BCUT2D eigenvalue weighted by atomic mass is 9.93. The molecule has 1 saturated carbocycles. The van der Waals surface area contributed by atoms with E-state index in [1.807, 2.05) is 0 Å². The van der Waals surface area contributed by atoms with Gasteiger partial charge in [0.2, 0.25) is 0 Å². The Kier molecular flexibility index (Phi) is 10.8. The molecule has 1 fully saturated rings. The molecule has 1 N–H and O–H groups in total. The second-order valence-electron chi connectivity index (χ2n) is 6.33. The molecular weight excluding hydrogens is 276 g/mol. The van der Waals surface area contributed by atoms with Crippen molar-refractivity contribution in [2.45, 2.75) is 77.6 Å². The summed E-state index contributed by atoms with van der Waals surface area (Å²) in [5.74, 6) is 7.38. The van der Waals surface area contributed by atoms with Crippen LogP contribution in [0.3, 0.4) is 0 Å². The van der Waals surface area contributed by atoms with Gasteiger partial charge in [-0.3, -0.25) is 4.79 Å². The molecule has 1 aliphatic carbocycles. The van der Waals surface area contributed by atoms with E-state index in [-0.39, 0.29) is 6.42 Å². The van der Waals surface area contributed by atoms with E-state index in [1.165, 1.54) is 44.9 Å². The predicted octanol–water partition coefficient (Wildman–Crippen LogP) is 4.65. The summed E-state index contributed by atoms with van der Waals surface area (Å²) in [5, 5.41) is 8.56. The molecular formula is C19H32O3. The maximum absolute atomic E-state index is 10.4. The maximum Gasteiger partial charge on any atom is 0.303 e. The zero-order valence-electron chi connectivity index (χ0n) is 14.1. The zero-order valence-corrected chi connectivity index (χ0v) is 14.1. The van der Waals surface area contributed by atoms with Crippen LogP contribution in [0.25, 0.3) is 0 Å². The molecule has 3 heteroatoms. The molecule has 0 heterocycles. The lowest BCUT2D eigenvalue weighted by Crippen LogP contribution is -2.10. The molecule has 0 unspecified atom stereocenters. The Morgan fingerprint density at radius 2 is 2.05 bits per heavy atom. The van der Waals surface area contributed by atoms with E-state index < -0.39 is 5.97 Å². The van der Waals surface area contributed by atoms with Crippen LogP contribution in [0.1, 0.15) is 77.6 Å².